The zero-order chi connectivity index (χ0) is 31.7. The number of carbonyl (C=O) groups excluding carboxylic acids is 1. The van der Waals surface area contributed by atoms with Crippen LogP contribution in [0.3, 0.4) is 0 Å². The van der Waals surface area contributed by atoms with E-state index in [0.29, 0.717) is 70.7 Å². The maximum Gasteiger partial charge on any atom is 0.248 e. The van der Waals surface area contributed by atoms with E-state index < -0.39 is 10.0 Å². The van der Waals surface area contributed by atoms with Gasteiger partial charge in [0.25, 0.3) is 0 Å². The molecule has 12 heteroatoms. The van der Waals surface area contributed by atoms with E-state index in [-0.39, 0.29) is 22.9 Å². The lowest BCUT2D eigenvalue weighted by Crippen LogP contribution is -2.26. The smallest absolute Gasteiger partial charge is 0.248 e. The maximum atomic E-state index is 13.5. The Kier molecular flexibility index (Phi) is 11.2. The number of nitrogens with one attached hydrogen (secondary N) is 2. The van der Waals surface area contributed by atoms with Crippen LogP contribution in [0, 0.1) is 0 Å². The van der Waals surface area contributed by atoms with Crippen LogP contribution >= 0.6 is 11.6 Å². The van der Waals surface area contributed by atoms with Gasteiger partial charge in [-0.05, 0) is 73.4 Å². The summed E-state index contributed by atoms with van der Waals surface area (Å²) < 4.78 is 57.4. The van der Waals surface area contributed by atoms with Gasteiger partial charge in [0.1, 0.15) is 11.5 Å². The molecule has 0 fully saturated rings. The van der Waals surface area contributed by atoms with E-state index in [4.69, 9.17) is 35.0 Å². The predicted molar refractivity (Wildman–Crippen MR) is 171 cm³/mol. The van der Waals surface area contributed by atoms with Crippen LogP contribution in [0.2, 0.25) is 0 Å². The zero-order valence-electron chi connectivity index (χ0n) is 24.9. The van der Waals surface area contributed by atoms with Crippen molar-refractivity contribution >= 4 is 49.8 Å². The summed E-state index contributed by atoms with van der Waals surface area (Å²) in [6.45, 7) is 2.16. The van der Waals surface area contributed by atoms with Crippen LogP contribution in [0.4, 0.5) is 5.69 Å². The third-order valence-corrected chi connectivity index (χ3v) is 8.45. The number of hydrogen-bond donors (Lipinski definition) is 2. The fourth-order valence-corrected chi connectivity index (χ4v) is 5.77. The number of ether oxygens (including phenoxy) is 4. The highest BCUT2D eigenvalue weighted by Gasteiger charge is 2.23. The summed E-state index contributed by atoms with van der Waals surface area (Å²) in [6, 6.07) is 17.0. The predicted octanol–water partition coefficient (Wildman–Crippen LogP) is 6.03. The first-order chi connectivity index (χ1) is 21.2. The van der Waals surface area contributed by atoms with E-state index in [2.05, 4.69) is 10.0 Å². The Balaban J connectivity index is 1.59. The van der Waals surface area contributed by atoms with Gasteiger partial charge in [-0.3, -0.25) is 4.79 Å². The second-order valence-corrected chi connectivity index (χ2v) is 11.8. The number of sulfonamides is 1. The van der Waals surface area contributed by atoms with Crippen LogP contribution in [0.15, 0.2) is 76.1 Å². The first kappa shape index (κ1) is 32.7. The molecule has 0 aliphatic heterocycles. The fraction of sp³-hybridized carbons (Fsp3) is 0.281. The van der Waals surface area contributed by atoms with Crippen LogP contribution in [-0.2, 0) is 21.2 Å². The number of rotatable bonds is 15. The van der Waals surface area contributed by atoms with Crippen LogP contribution < -0.4 is 29.0 Å². The van der Waals surface area contributed by atoms with Gasteiger partial charge in [0.2, 0.25) is 15.9 Å². The highest BCUT2D eigenvalue weighted by atomic mass is 35.5. The van der Waals surface area contributed by atoms with Gasteiger partial charge in [-0.25, -0.2) is 13.1 Å². The average Bonchev–Trinajstić information content (AvgIpc) is 3.47. The fourth-order valence-electron chi connectivity index (χ4n) is 4.44. The van der Waals surface area contributed by atoms with Gasteiger partial charge >= 0.3 is 0 Å². The van der Waals surface area contributed by atoms with Gasteiger partial charge in [0.15, 0.2) is 22.8 Å². The van der Waals surface area contributed by atoms with Crippen molar-refractivity contribution in [2.24, 2.45) is 0 Å². The SMILES string of the molecule is COc1cccc(NC(=O)/C=C(/C)c2cc3c(S(=O)(=O)NCCc4ccc(OC)c(OC)c4)ccc(OCCCCl)c3o2)c1. The van der Waals surface area contributed by atoms with Crippen molar-refractivity contribution in [1.29, 1.82) is 0 Å². The molecular weight excluding hydrogens is 608 g/mol. The summed E-state index contributed by atoms with van der Waals surface area (Å²) in [5, 5.41) is 3.11. The number of methoxy groups -OCH3 is 3. The summed E-state index contributed by atoms with van der Waals surface area (Å²) in [5.74, 6) is 2.46. The largest absolute Gasteiger partial charge is 0.497 e. The minimum Gasteiger partial charge on any atom is -0.497 e. The molecular formula is C32H35ClN2O8S. The standard InChI is InChI=1S/C32H35ClN2O8S/c1-21(17-31(36)35-23-7-5-8-24(19-23)39-2)28-20-25-30(12-11-27(32(25)43-28)42-16-6-14-33)44(37,38)34-15-13-22-9-10-26(40-3)29(18-22)41-4/h5,7-12,17-20,34H,6,13-16H2,1-4H3,(H,35,36)/b21-17-. The molecule has 1 heterocycles. The van der Waals surface area contributed by atoms with E-state index >= 15 is 0 Å². The molecule has 44 heavy (non-hydrogen) atoms. The number of halogens is 1. The summed E-state index contributed by atoms with van der Waals surface area (Å²) in [6.07, 6.45) is 2.39. The van der Waals surface area contributed by atoms with Crippen LogP contribution in [-0.4, -0.2) is 54.7 Å². The summed E-state index contributed by atoms with van der Waals surface area (Å²) in [5.41, 5.74) is 2.17. The number of carbonyl (C=O) groups is 1. The number of benzene rings is 3. The van der Waals surface area contributed by atoms with E-state index in [1.807, 2.05) is 6.07 Å². The van der Waals surface area contributed by atoms with Crippen molar-refractivity contribution in [3.8, 4) is 23.0 Å². The minimum atomic E-state index is -3.96. The van der Waals surface area contributed by atoms with Crippen molar-refractivity contribution in [2.45, 2.75) is 24.7 Å². The van der Waals surface area contributed by atoms with Crippen LogP contribution in [0.5, 0.6) is 23.0 Å². The second-order valence-electron chi connectivity index (χ2n) is 9.69. The number of anilines is 1. The number of furan rings is 1. The Morgan fingerprint density at radius 2 is 1.73 bits per heavy atom. The Bertz CT molecular complexity index is 1750. The van der Waals surface area contributed by atoms with Gasteiger partial charge in [-0.15, -0.1) is 11.6 Å². The molecule has 0 saturated carbocycles. The second kappa shape index (κ2) is 15.0. The average molecular weight is 643 g/mol. The van der Waals surface area contributed by atoms with Crippen molar-refractivity contribution in [2.75, 3.05) is 45.7 Å². The zero-order valence-corrected chi connectivity index (χ0v) is 26.5. The molecule has 0 bridgehead atoms. The molecule has 1 aromatic heterocycles. The Morgan fingerprint density at radius 1 is 0.955 bits per heavy atom. The third-order valence-electron chi connectivity index (χ3n) is 6.66. The normalized spacial score (nSPS) is 11.8. The van der Waals surface area contributed by atoms with Gasteiger partial charge in [-0.1, -0.05) is 12.1 Å². The molecule has 3 aromatic carbocycles. The lowest BCUT2D eigenvalue weighted by atomic mass is 10.1. The van der Waals surface area contributed by atoms with E-state index in [1.165, 1.54) is 12.1 Å². The number of allylic oxidation sites excluding steroid dienone is 1. The van der Waals surface area contributed by atoms with Gasteiger partial charge in [0, 0.05) is 35.6 Å². The summed E-state index contributed by atoms with van der Waals surface area (Å²) in [4.78, 5) is 12.8. The van der Waals surface area contributed by atoms with Crippen molar-refractivity contribution in [3.05, 3.63) is 78.1 Å². The first-order valence-electron chi connectivity index (χ1n) is 13.8. The number of amides is 1. The molecule has 0 aliphatic rings. The molecule has 0 aliphatic carbocycles. The first-order valence-corrected chi connectivity index (χ1v) is 15.8. The van der Waals surface area contributed by atoms with Gasteiger partial charge in [-0.2, -0.15) is 0 Å². The molecule has 4 rings (SSSR count). The molecule has 10 nitrogen and oxygen atoms in total. The molecule has 0 spiro atoms. The topological polar surface area (TPSA) is 125 Å². The Hall–Kier alpha value is -4.19. The van der Waals surface area contributed by atoms with Crippen molar-refractivity contribution in [3.63, 3.8) is 0 Å². The van der Waals surface area contributed by atoms with Gasteiger partial charge < -0.3 is 28.7 Å². The Labute approximate surface area is 261 Å². The number of hydrogen-bond acceptors (Lipinski definition) is 8. The molecule has 0 atom stereocenters. The molecule has 234 valence electrons. The molecule has 2 N–H and O–H groups in total. The quantitative estimate of drug-likeness (QED) is 0.0915. The minimum absolute atomic E-state index is 0.0214. The van der Waals surface area contributed by atoms with Gasteiger partial charge in [0.05, 0.1) is 32.8 Å². The lowest BCUT2D eigenvalue weighted by Gasteiger charge is -2.12. The van der Waals surface area contributed by atoms with Crippen molar-refractivity contribution in [1.82, 2.24) is 4.72 Å². The maximum absolute atomic E-state index is 13.5. The number of fused-ring (bicyclic) bond motifs is 1. The summed E-state index contributed by atoms with van der Waals surface area (Å²) in [7, 11) is 0.676. The van der Waals surface area contributed by atoms with Crippen molar-refractivity contribution < 1.29 is 36.6 Å². The monoisotopic (exact) mass is 642 g/mol. The Morgan fingerprint density at radius 3 is 2.45 bits per heavy atom. The highest BCUT2D eigenvalue weighted by molar-refractivity contribution is 7.89. The third kappa shape index (κ3) is 8.04. The lowest BCUT2D eigenvalue weighted by molar-refractivity contribution is -0.111. The molecule has 0 radical (unpaired) electrons. The number of alkyl halides is 1. The van der Waals surface area contributed by atoms with E-state index in [9.17, 15) is 13.2 Å². The molecule has 1 amide bonds. The molecule has 4 aromatic rings. The van der Waals surface area contributed by atoms with E-state index in [0.717, 1.165) is 5.56 Å². The summed E-state index contributed by atoms with van der Waals surface area (Å²) >= 11 is 5.81. The van der Waals surface area contributed by atoms with Crippen LogP contribution in [0.25, 0.3) is 16.5 Å². The van der Waals surface area contributed by atoms with Crippen LogP contribution in [0.1, 0.15) is 24.7 Å². The van der Waals surface area contributed by atoms with E-state index in [1.54, 1.807) is 76.8 Å². The highest BCUT2D eigenvalue weighted by Crippen LogP contribution is 2.36. The molecule has 0 unspecified atom stereocenters. The molecule has 0 saturated heterocycles.